The van der Waals surface area contributed by atoms with Crippen molar-refractivity contribution in [2.45, 2.75) is 18.9 Å². The molecule has 0 heterocycles. The molecule has 0 atom stereocenters. The first-order valence-electron chi connectivity index (χ1n) is 6.64. The van der Waals surface area contributed by atoms with Gasteiger partial charge in [0.25, 0.3) is 11.8 Å². The van der Waals surface area contributed by atoms with E-state index in [-0.39, 0.29) is 17.9 Å². The van der Waals surface area contributed by atoms with E-state index in [9.17, 15) is 9.59 Å². The van der Waals surface area contributed by atoms with E-state index in [1.165, 1.54) is 9.80 Å². The summed E-state index contributed by atoms with van der Waals surface area (Å²) in [6.07, 6.45) is 2.07. The molecule has 0 aromatic heterocycles. The molecule has 0 bridgehead atoms. The van der Waals surface area contributed by atoms with E-state index in [0.29, 0.717) is 16.9 Å². The number of rotatable bonds is 4. The fourth-order valence-electron chi connectivity index (χ4n) is 1.84. The second kappa shape index (κ2) is 5.53. The number of hydrogen-bond donors (Lipinski definition) is 0. The van der Waals surface area contributed by atoms with Crippen LogP contribution in [0, 0.1) is 0 Å². The maximum Gasteiger partial charge on any atom is 0.257 e. The van der Waals surface area contributed by atoms with Gasteiger partial charge in [0.05, 0.1) is 17.2 Å². The molecule has 0 aliphatic heterocycles. The zero-order valence-electron chi connectivity index (χ0n) is 12.3. The van der Waals surface area contributed by atoms with Gasteiger partial charge in [-0.25, -0.2) is 0 Å². The van der Waals surface area contributed by atoms with E-state index in [1.54, 1.807) is 46.4 Å². The summed E-state index contributed by atoms with van der Waals surface area (Å²) in [4.78, 5) is 27.4. The summed E-state index contributed by atoms with van der Waals surface area (Å²) in [5, 5.41) is 0. The summed E-state index contributed by atoms with van der Waals surface area (Å²) in [7, 11) is 6.74. The topological polar surface area (TPSA) is 49.9 Å². The third-order valence-corrected chi connectivity index (χ3v) is 3.10. The number of benzene rings is 1. The van der Waals surface area contributed by atoms with Crippen LogP contribution < -0.4 is 4.74 Å². The first-order valence-corrected chi connectivity index (χ1v) is 6.64. The van der Waals surface area contributed by atoms with E-state index in [1.807, 2.05) is 0 Å². The summed E-state index contributed by atoms with van der Waals surface area (Å²) >= 11 is 0. The summed E-state index contributed by atoms with van der Waals surface area (Å²) in [5.74, 6) is 0.0931. The van der Waals surface area contributed by atoms with Gasteiger partial charge in [-0.1, -0.05) is 6.07 Å². The molecule has 1 aromatic carbocycles. The lowest BCUT2D eigenvalue weighted by Crippen LogP contribution is -2.26. The Balaban J connectivity index is 2.47. The van der Waals surface area contributed by atoms with Crippen LogP contribution in [0.25, 0.3) is 0 Å². The fourth-order valence-corrected chi connectivity index (χ4v) is 1.84. The maximum absolute atomic E-state index is 12.2. The van der Waals surface area contributed by atoms with Crippen LogP contribution in [0.15, 0.2) is 18.2 Å². The van der Waals surface area contributed by atoms with Crippen LogP contribution in [0.3, 0.4) is 0 Å². The molecule has 0 saturated heterocycles. The summed E-state index contributed by atoms with van der Waals surface area (Å²) in [5.41, 5.74) is 0.879. The number of amides is 2. The normalized spacial score (nSPS) is 13.8. The molecule has 5 nitrogen and oxygen atoms in total. The van der Waals surface area contributed by atoms with Crippen molar-refractivity contribution >= 4 is 11.8 Å². The van der Waals surface area contributed by atoms with Crippen LogP contribution >= 0.6 is 0 Å². The molecular formula is C15H20N2O3. The molecule has 2 amide bonds. The minimum absolute atomic E-state index is 0.125. The molecule has 108 valence electrons. The van der Waals surface area contributed by atoms with Crippen molar-refractivity contribution in [3.8, 4) is 5.75 Å². The Morgan fingerprint density at radius 1 is 1.00 bits per heavy atom. The van der Waals surface area contributed by atoms with E-state index in [0.717, 1.165) is 12.8 Å². The number of hydrogen-bond acceptors (Lipinski definition) is 3. The van der Waals surface area contributed by atoms with Crippen LogP contribution in [0.4, 0.5) is 0 Å². The lowest BCUT2D eigenvalue weighted by atomic mass is 10.1. The van der Waals surface area contributed by atoms with Gasteiger partial charge in [0.2, 0.25) is 0 Å². The van der Waals surface area contributed by atoms with E-state index in [2.05, 4.69) is 0 Å². The number of carbonyl (C=O) groups excluding carboxylic acids is 2. The molecule has 0 radical (unpaired) electrons. The average Bonchev–Trinajstić information content (AvgIpc) is 3.21. The summed E-state index contributed by atoms with van der Waals surface area (Å²) in [6.45, 7) is 0. The Hall–Kier alpha value is -2.04. The molecule has 0 spiro atoms. The van der Waals surface area contributed by atoms with Crippen LogP contribution in [-0.4, -0.2) is 55.9 Å². The van der Waals surface area contributed by atoms with E-state index in [4.69, 9.17) is 4.74 Å². The van der Waals surface area contributed by atoms with Gasteiger partial charge in [0.15, 0.2) is 0 Å². The average molecular weight is 276 g/mol. The van der Waals surface area contributed by atoms with E-state index >= 15 is 0 Å². The monoisotopic (exact) mass is 276 g/mol. The number of carbonyl (C=O) groups is 2. The molecule has 1 aliphatic carbocycles. The quantitative estimate of drug-likeness (QED) is 0.840. The smallest absolute Gasteiger partial charge is 0.257 e. The molecular weight excluding hydrogens is 256 g/mol. The Morgan fingerprint density at radius 2 is 1.45 bits per heavy atom. The van der Waals surface area contributed by atoms with Crippen molar-refractivity contribution in [2.24, 2.45) is 0 Å². The number of para-hydroxylation sites is 1. The molecule has 5 heteroatoms. The van der Waals surface area contributed by atoms with Gasteiger partial charge in [-0.3, -0.25) is 9.59 Å². The second-order valence-electron chi connectivity index (χ2n) is 5.40. The summed E-state index contributed by atoms with van der Waals surface area (Å²) < 4.78 is 5.84. The van der Waals surface area contributed by atoms with Crippen molar-refractivity contribution in [3.05, 3.63) is 29.3 Å². The zero-order valence-corrected chi connectivity index (χ0v) is 12.3. The number of nitrogens with zero attached hydrogens (tertiary/aromatic N) is 2. The van der Waals surface area contributed by atoms with Crippen LogP contribution in [0.1, 0.15) is 33.6 Å². The summed E-state index contributed by atoms with van der Waals surface area (Å²) in [6, 6.07) is 5.12. The molecule has 1 aromatic rings. The van der Waals surface area contributed by atoms with Crippen LogP contribution in [0.5, 0.6) is 5.75 Å². The van der Waals surface area contributed by atoms with Crippen molar-refractivity contribution in [1.82, 2.24) is 9.80 Å². The van der Waals surface area contributed by atoms with Gasteiger partial charge in [-0.2, -0.15) is 0 Å². The fraction of sp³-hybridized carbons (Fsp3) is 0.467. The van der Waals surface area contributed by atoms with Gasteiger partial charge in [-0.05, 0) is 25.0 Å². The highest BCUT2D eigenvalue weighted by atomic mass is 16.5. The Bertz CT molecular complexity index is 496. The lowest BCUT2D eigenvalue weighted by molar-refractivity contribution is 0.0816. The second-order valence-corrected chi connectivity index (χ2v) is 5.40. The molecule has 1 saturated carbocycles. The minimum Gasteiger partial charge on any atom is -0.489 e. The van der Waals surface area contributed by atoms with Gasteiger partial charge in [0, 0.05) is 28.2 Å². The van der Waals surface area contributed by atoms with Gasteiger partial charge in [-0.15, -0.1) is 0 Å². The van der Waals surface area contributed by atoms with Crippen LogP contribution in [-0.2, 0) is 0 Å². The van der Waals surface area contributed by atoms with Crippen LogP contribution in [0.2, 0.25) is 0 Å². The van der Waals surface area contributed by atoms with Crippen molar-refractivity contribution in [3.63, 3.8) is 0 Å². The first kappa shape index (κ1) is 14.4. The molecule has 0 N–H and O–H groups in total. The zero-order chi connectivity index (χ0) is 14.9. The largest absolute Gasteiger partial charge is 0.489 e. The molecule has 0 unspecified atom stereocenters. The molecule has 1 aliphatic rings. The van der Waals surface area contributed by atoms with Crippen molar-refractivity contribution < 1.29 is 14.3 Å². The molecule has 20 heavy (non-hydrogen) atoms. The van der Waals surface area contributed by atoms with Crippen molar-refractivity contribution in [1.29, 1.82) is 0 Å². The first-order chi connectivity index (χ1) is 9.41. The highest BCUT2D eigenvalue weighted by molar-refractivity contribution is 6.03. The van der Waals surface area contributed by atoms with Crippen molar-refractivity contribution in [2.75, 3.05) is 28.2 Å². The maximum atomic E-state index is 12.2. The SMILES string of the molecule is CN(C)C(=O)c1cccc(C(=O)N(C)C)c1OC1CC1. The van der Waals surface area contributed by atoms with Gasteiger partial charge < -0.3 is 14.5 Å². The lowest BCUT2D eigenvalue weighted by Gasteiger charge is -2.19. The Morgan fingerprint density at radius 3 is 1.80 bits per heavy atom. The minimum atomic E-state index is -0.158. The molecule has 1 fully saturated rings. The molecule has 2 rings (SSSR count). The van der Waals surface area contributed by atoms with Gasteiger partial charge >= 0.3 is 0 Å². The predicted molar refractivity (Wildman–Crippen MR) is 76.1 cm³/mol. The highest BCUT2D eigenvalue weighted by Gasteiger charge is 2.29. The Labute approximate surface area is 119 Å². The number of ether oxygens (including phenoxy) is 1. The standard InChI is InChI=1S/C15H20N2O3/c1-16(2)14(18)11-6-5-7-12(15(19)17(3)4)13(11)20-10-8-9-10/h5-7,10H,8-9H2,1-4H3. The predicted octanol–water partition coefficient (Wildman–Crippen LogP) is 1.63. The van der Waals surface area contributed by atoms with Gasteiger partial charge in [0.1, 0.15) is 5.75 Å². The van der Waals surface area contributed by atoms with E-state index < -0.39 is 0 Å². The third-order valence-electron chi connectivity index (χ3n) is 3.10. The Kier molecular flexibility index (Phi) is 3.97. The highest BCUT2D eigenvalue weighted by Crippen LogP contribution is 2.33. The third kappa shape index (κ3) is 2.92.